The molecular weight excluding hydrogens is 559 g/mol. The number of halogens is 2. The van der Waals surface area contributed by atoms with Crippen LogP contribution in [0, 0.1) is 5.82 Å². The standard InChI is InChI=1S/C32H38BrFN2O3/c1-6-22(2)35-31(38)28(18-23-12-8-7-9-13-23)36(20-24-14-10-11-15-27(24)34)30(37)21-39-29-17-16-25(19-26(29)33)32(3,4)5/h7-17,19,22,28H,6,18,20-21H2,1-5H3,(H,35,38)/t22-,28-/m1/s1. The van der Waals surface area contributed by atoms with Crippen molar-refractivity contribution < 1.29 is 18.7 Å². The third kappa shape index (κ3) is 8.65. The normalized spacial score (nSPS) is 12.9. The highest BCUT2D eigenvalue weighted by Crippen LogP contribution is 2.31. The molecule has 208 valence electrons. The van der Waals surface area contributed by atoms with Gasteiger partial charge in [0.1, 0.15) is 17.6 Å². The Bertz CT molecular complexity index is 1260. The van der Waals surface area contributed by atoms with E-state index in [-0.39, 0.29) is 36.9 Å². The lowest BCUT2D eigenvalue weighted by Gasteiger charge is -2.32. The summed E-state index contributed by atoms with van der Waals surface area (Å²) >= 11 is 3.56. The average Bonchev–Trinajstić information content (AvgIpc) is 2.90. The quantitative estimate of drug-likeness (QED) is 0.264. The zero-order valence-electron chi connectivity index (χ0n) is 23.3. The zero-order valence-corrected chi connectivity index (χ0v) is 24.9. The highest BCUT2D eigenvalue weighted by atomic mass is 79.9. The molecule has 3 rings (SSSR count). The Morgan fingerprint density at radius 1 is 1.03 bits per heavy atom. The van der Waals surface area contributed by atoms with Crippen LogP contribution in [0.3, 0.4) is 0 Å². The molecule has 0 unspecified atom stereocenters. The van der Waals surface area contributed by atoms with Crippen molar-refractivity contribution in [1.82, 2.24) is 10.2 Å². The van der Waals surface area contributed by atoms with Crippen molar-refractivity contribution in [2.75, 3.05) is 6.61 Å². The second kappa shape index (κ2) is 13.7. The number of hydrogen-bond donors (Lipinski definition) is 1. The molecule has 0 fully saturated rings. The number of carbonyl (C=O) groups excluding carboxylic acids is 2. The summed E-state index contributed by atoms with van der Waals surface area (Å²) < 4.78 is 21.4. The van der Waals surface area contributed by atoms with Crippen molar-refractivity contribution >= 4 is 27.7 Å². The first-order valence-corrected chi connectivity index (χ1v) is 14.1. The summed E-state index contributed by atoms with van der Waals surface area (Å²) in [5, 5.41) is 3.01. The molecule has 5 nitrogen and oxygen atoms in total. The Labute approximate surface area is 239 Å². The third-order valence-corrected chi connectivity index (χ3v) is 7.34. The lowest BCUT2D eigenvalue weighted by atomic mass is 9.87. The van der Waals surface area contributed by atoms with Crippen LogP contribution < -0.4 is 10.1 Å². The summed E-state index contributed by atoms with van der Waals surface area (Å²) in [6, 6.07) is 20.7. The number of hydrogen-bond acceptors (Lipinski definition) is 3. The summed E-state index contributed by atoms with van der Waals surface area (Å²) in [5.74, 6) is -0.609. The molecule has 0 spiro atoms. The second-order valence-corrected chi connectivity index (χ2v) is 11.7. The molecule has 0 saturated carbocycles. The van der Waals surface area contributed by atoms with Crippen LogP contribution in [-0.4, -0.2) is 35.4 Å². The van der Waals surface area contributed by atoms with Crippen LogP contribution in [0.1, 0.15) is 57.7 Å². The molecular formula is C32H38BrFN2O3. The topological polar surface area (TPSA) is 58.6 Å². The van der Waals surface area contributed by atoms with Crippen molar-refractivity contribution in [2.24, 2.45) is 0 Å². The Hall–Kier alpha value is -3.19. The van der Waals surface area contributed by atoms with E-state index >= 15 is 0 Å². The number of rotatable bonds is 11. The van der Waals surface area contributed by atoms with Gasteiger partial charge >= 0.3 is 0 Å². The van der Waals surface area contributed by atoms with E-state index < -0.39 is 17.8 Å². The van der Waals surface area contributed by atoms with Crippen LogP contribution in [0.4, 0.5) is 4.39 Å². The maximum absolute atomic E-state index is 14.7. The molecule has 0 aliphatic carbocycles. The molecule has 3 aromatic carbocycles. The Balaban J connectivity index is 1.93. The summed E-state index contributed by atoms with van der Waals surface area (Å²) in [4.78, 5) is 28.7. The smallest absolute Gasteiger partial charge is 0.261 e. The maximum atomic E-state index is 14.7. The number of amides is 2. The number of ether oxygens (including phenoxy) is 1. The Morgan fingerprint density at radius 3 is 2.31 bits per heavy atom. The fourth-order valence-electron chi connectivity index (χ4n) is 4.11. The largest absolute Gasteiger partial charge is 0.483 e. The van der Waals surface area contributed by atoms with E-state index in [4.69, 9.17) is 4.74 Å². The summed E-state index contributed by atoms with van der Waals surface area (Å²) in [6.07, 6.45) is 1.03. The van der Waals surface area contributed by atoms with Crippen molar-refractivity contribution in [3.8, 4) is 5.75 Å². The summed E-state index contributed by atoms with van der Waals surface area (Å²) in [5.41, 5.74) is 2.31. The first-order valence-electron chi connectivity index (χ1n) is 13.3. The second-order valence-electron chi connectivity index (χ2n) is 10.8. The predicted molar refractivity (Wildman–Crippen MR) is 157 cm³/mol. The molecule has 0 aliphatic rings. The maximum Gasteiger partial charge on any atom is 0.261 e. The molecule has 0 aromatic heterocycles. The van der Waals surface area contributed by atoms with Gasteiger partial charge in [-0.3, -0.25) is 9.59 Å². The van der Waals surface area contributed by atoms with Gasteiger partial charge in [0.05, 0.1) is 4.47 Å². The van der Waals surface area contributed by atoms with Crippen LogP contribution in [0.25, 0.3) is 0 Å². The van der Waals surface area contributed by atoms with Gasteiger partial charge in [0, 0.05) is 24.6 Å². The molecule has 7 heteroatoms. The van der Waals surface area contributed by atoms with Gasteiger partial charge in [-0.15, -0.1) is 0 Å². The van der Waals surface area contributed by atoms with Crippen LogP contribution in [-0.2, 0) is 28.0 Å². The Kier molecular flexibility index (Phi) is 10.7. The van der Waals surface area contributed by atoms with Crippen molar-refractivity contribution in [3.63, 3.8) is 0 Å². The molecule has 39 heavy (non-hydrogen) atoms. The highest BCUT2D eigenvalue weighted by molar-refractivity contribution is 9.10. The fraction of sp³-hybridized carbons (Fsp3) is 0.375. The van der Waals surface area contributed by atoms with Gasteiger partial charge in [0.2, 0.25) is 5.91 Å². The zero-order chi connectivity index (χ0) is 28.6. The molecule has 1 N–H and O–H groups in total. The molecule has 0 heterocycles. The van der Waals surface area contributed by atoms with Gasteiger partial charge in [-0.1, -0.05) is 82.3 Å². The first kappa shape index (κ1) is 30.4. The van der Waals surface area contributed by atoms with Crippen molar-refractivity contribution in [2.45, 2.75) is 71.5 Å². The fourth-order valence-corrected chi connectivity index (χ4v) is 4.61. The van der Waals surface area contributed by atoms with Gasteiger partial charge in [-0.2, -0.15) is 0 Å². The number of carbonyl (C=O) groups is 2. The predicted octanol–water partition coefficient (Wildman–Crippen LogP) is 6.82. The molecule has 3 aromatic rings. The van der Waals surface area contributed by atoms with E-state index in [1.165, 1.54) is 11.0 Å². The minimum atomic E-state index is -0.858. The molecule has 2 atom stereocenters. The Morgan fingerprint density at radius 2 is 1.69 bits per heavy atom. The van der Waals surface area contributed by atoms with Gasteiger partial charge in [-0.05, 0) is 64.0 Å². The van der Waals surface area contributed by atoms with Crippen molar-refractivity contribution in [1.29, 1.82) is 0 Å². The minimum absolute atomic E-state index is 0.0406. The van der Waals surface area contributed by atoms with Gasteiger partial charge in [-0.25, -0.2) is 4.39 Å². The lowest BCUT2D eigenvalue weighted by Crippen LogP contribution is -2.53. The minimum Gasteiger partial charge on any atom is -0.483 e. The molecule has 0 bridgehead atoms. The van der Waals surface area contributed by atoms with Crippen molar-refractivity contribution in [3.05, 3.63) is 99.8 Å². The molecule has 0 saturated heterocycles. The lowest BCUT2D eigenvalue weighted by molar-refractivity contribution is -0.143. The molecule has 2 amide bonds. The number of benzene rings is 3. The van der Waals surface area contributed by atoms with E-state index in [1.54, 1.807) is 18.2 Å². The third-order valence-electron chi connectivity index (χ3n) is 6.72. The van der Waals surface area contributed by atoms with Crippen LogP contribution in [0.15, 0.2) is 77.3 Å². The number of nitrogens with one attached hydrogen (secondary N) is 1. The van der Waals surface area contributed by atoms with E-state index in [2.05, 4.69) is 42.0 Å². The van der Waals surface area contributed by atoms with E-state index in [1.807, 2.05) is 62.4 Å². The molecule has 0 radical (unpaired) electrons. The summed E-state index contributed by atoms with van der Waals surface area (Å²) in [6.45, 7) is 9.90. The number of nitrogens with zero attached hydrogens (tertiary/aromatic N) is 1. The average molecular weight is 598 g/mol. The molecule has 0 aliphatic heterocycles. The summed E-state index contributed by atoms with van der Waals surface area (Å²) in [7, 11) is 0. The van der Waals surface area contributed by atoms with Gasteiger partial charge in [0.25, 0.3) is 5.91 Å². The first-order chi connectivity index (χ1) is 18.5. The van der Waals surface area contributed by atoms with E-state index in [0.717, 1.165) is 22.0 Å². The van der Waals surface area contributed by atoms with Crippen LogP contribution >= 0.6 is 15.9 Å². The van der Waals surface area contributed by atoms with Gasteiger partial charge < -0.3 is 15.0 Å². The SMILES string of the molecule is CC[C@@H](C)NC(=O)[C@@H](Cc1ccccc1)N(Cc1ccccc1F)C(=O)COc1ccc(C(C)(C)C)cc1Br. The monoisotopic (exact) mass is 596 g/mol. The van der Waals surface area contributed by atoms with Gasteiger partial charge in [0.15, 0.2) is 6.61 Å². The van der Waals surface area contributed by atoms with Crippen LogP contribution in [0.2, 0.25) is 0 Å². The van der Waals surface area contributed by atoms with E-state index in [9.17, 15) is 14.0 Å². The highest BCUT2D eigenvalue weighted by Gasteiger charge is 2.32. The van der Waals surface area contributed by atoms with Crippen LogP contribution in [0.5, 0.6) is 5.75 Å². The van der Waals surface area contributed by atoms with E-state index in [0.29, 0.717) is 11.3 Å².